The van der Waals surface area contributed by atoms with Crippen molar-refractivity contribution in [3.63, 3.8) is 0 Å². The standard InChI is InChI=1S/C54H39N5/c1-54(2)46-28-13-9-23-41(46)44-26-17-27-45(50(44)54)52-55-51(56-53(57-52)59-48-30-15-11-24-42(48)43-25-12-16-31-49(43)59)37-34-32-36(33-35-37)40-22-10-14-29-47(40)58(38-18-5-3-6-19-38)39-20-7-4-8-21-39/h3-35H,1-2H3. The van der Waals surface area contributed by atoms with Gasteiger partial charge in [-0.1, -0.05) is 172 Å². The summed E-state index contributed by atoms with van der Waals surface area (Å²) in [6, 6.07) is 70.6. The molecule has 0 N–H and O–H groups in total. The van der Waals surface area contributed by atoms with Crippen LogP contribution in [-0.2, 0) is 5.41 Å². The van der Waals surface area contributed by atoms with Gasteiger partial charge in [-0.2, -0.15) is 9.97 Å². The lowest BCUT2D eigenvalue weighted by molar-refractivity contribution is 0.661. The minimum atomic E-state index is -0.245. The molecular formula is C54H39N5. The van der Waals surface area contributed by atoms with Crippen molar-refractivity contribution >= 4 is 38.9 Å². The molecule has 1 aliphatic carbocycles. The molecule has 5 nitrogen and oxygen atoms in total. The van der Waals surface area contributed by atoms with Crippen LogP contribution in [0.5, 0.6) is 0 Å². The van der Waals surface area contributed by atoms with E-state index < -0.39 is 0 Å². The van der Waals surface area contributed by atoms with Crippen molar-refractivity contribution < 1.29 is 0 Å². The molecule has 5 heteroatoms. The third-order valence-electron chi connectivity index (χ3n) is 11.9. The highest BCUT2D eigenvalue weighted by atomic mass is 15.2. The normalized spacial score (nSPS) is 12.7. The maximum atomic E-state index is 5.37. The Morgan fingerprint density at radius 1 is 0.407 bits per heavy atom. The molecule has 10 aromatic rings. The highest BCUT2D eigenvalue weighted by Crippen LogP contribution is 2.52. The van der Waals surface area contributed by atoms with Gasteiger partial charge in [-0.25, -0.2) is 4.98 Å². The van der Waals surface area contributed by atoms with Crippen LogP contribution in [0.3, 0.4) is 0 Å². The van der Waals surface area contributed by atoms with Gasteiger partial charge in [-0.15, -0.1) is 0 Å². The molecule has 1 aliphatic rings. The highest BCUT2D eigenvalue weighted by molar-refractivity contribution is 6.09. The summed E-state index contributed by atoms with van der Waals surface area (Å²) in [5.41, 5.74) is 14.3. The average Bonchev–Trinajstić information content (AvgIpc) is 3.76. The van der Waals surface area contributed by atoms with Crippen LogP contribution in [0.15, 0.2) is 200 Å². The molecule has 0 saturated heterocycles. The number of hydrogen-bond donors (Lipinski definition) is 0. The van der Waals surface area contributed by atoms with Crippen LogP contribution in [-0.4, -0.2) is 19.5 Å². The number of nitrogens with zero attached hydrogens (tertiary/aromatic N) is 5. The Morgan fingerprint density at radius 3 is 1.59 bits per heavy atom. The van der Waals surface area contributed by atoms with Gasteiger partial charge in [0.15, 0.2) is 11.6 Å². The van der Waals surface area contributed by atoms with Crippen LogP contribution in [0.1, 0.15) is 25.0 Å². The van der Waals surface area contributed by atoms with E-state index >= 15 is 0 Å². The van der Waals surface area contributed by atoms with Crippen molar-refractivity contribution in [3.05, 3.63) is 211 Å². The first-order valence-electron chi connectivity index (χ1n) is 20.1. The van der Waals surface area contributed by atoms with Crippen molar-refractivity contribution in [2.45, 2.75) is 19.3 Å². The van der Waals surface area contributed by atoms with E-state index in [1.54, 1.807) is 0 Å². The van der Waals surface area contributed by atoms with Crippen LogP contribution in [0, 0.1) is 0 Å². The summed E-state index contributed by atoms with van der Waals surface area (Å²) in [4.78, 5) is 18.3. The van der Waals surface area contributed by atoms with Crippen LogP contribution >= 0.6 is 0 Å². The summed E-state index contributed by atoms with van der Waals surface area (Å²) < 4.78 is 2.19. The Balaban J connectivity index is 1.09. The van der Waals surface area contributed by atoms with Crippen LogP contribution in [0.2, 0.25) is 0 Å². The minimum Gasteiger partial charge on any atom is -0.310 e. The van der Waals surface area contributed by atoms with E-state index in [0.717, 1.165) is 61.1 Å². The minimum absolute atomic E-state index is 0.245. The third-order valence-corrected chi connectivity index (χ3v) is 11.9. The van der Waals surface area contributed by atoms with Gasteiger partial charge in [0.05, 0.1) is 16.7 Å². The average molecular weight is 758 g/mol. The van der Waals surface area contributed by atoms with Gasteiger partial charge in [0.25, 0.3) is 0 Å². The highest BCUT2D eigenvalue weighted by Gasteiger charge is 2.38. The fourth-order valence-electron chi connectivity index (χ4n) is 9.18. The van der Waals surface area contributed by atoms with Gasteiger partial charge in [0.1, 0.15) is 0 Å². The van der Waals surface area contributed by atoms with Crippen LogP contribution in [0.25, 0.3) is 72.8 Å². The second-order valence-corrected chi connectivity index (χ2v) is 15.7. The SMILES string of the molecule is CC1(C)c2ccccc2-c2cccc(-c3nc(-c4ccc(-c5ccccc5N(c5ccccc5)c5ccccc5)cc4)nc(-n4c5ccccc5c5ccccc54)n3)c21. The fraction of sp³-hybridized carbons (Fsp3) is 0.0556. The number of para-hydroxylation sites is 5. The molecule has 0 fully saturated rings. The zero-order valence-electron chi connectivity index (χ0n) is 32.8. The van der Waals surface area contributed by atoms with Crippen LogP contribution in [0.4, 0.5) is 17.1 Å². The summed E-state index contributed by atoms with van der Waals surface area (Å²) >= 11 is 0. The summed E-state index contributed by atoms with van der Waals surface area (Å²) in [7, 11) is 0. The number of hydrogen-bond acceptors (Lipinski definition) is 4. The number of anilines is 3. The largest absolute Gasteiger partial charge is 0.310 e. The predicted molar refractivity (Wildman–Crippen MR) is 243 cm³/mol. The Labute approximate surface area is 343 Å². The monoisotopic (exact) mass is 757 g/mol. The Morgan fingerprint density at radius 2 is 0.915 bits per heavy atom. The second-order valence-electron chi connectivity index (χ2n) is 15.7. The van der Waals surface area contributed by atoms with E-state index in [0.29, 0.717) is 17.6 Å². The fourth-order valence-corrected chi connectivity index (χ4v) is 9.18. The Kier molecular flexibility index (Phi) is 8.09. The van der Waals surface area contributed by atoms with Crippen molar-refractivity contribution in [3.8, 4) is 51.0 Å². The molecule has 0 spiro atoms. The van der Waals surface area contributed by atoms with E-state index in [-0.39, 0.29) is 5.41 Å². The van der Waals surface area contributed by atoms with E-state index in [1.807, 2.05) is 0 Å². The Bertz CT molecular complexity index is 3090. The maximum Gasteiger partial charge on any atom is 0.238 e. The molecule has 0 atom stereocenters. The zero-order valence-corrected chi connectivity index (χ0v) is 32.8. The molecule has 0 radical (unpaired) electrons. The van der Waals surface area contributed by atoms with Gasteiger partial charge in [-0.05, 0) is 70.3 Å². The molecule has 0 saturated carbocycles. The number of benzene rings is 8. The number of rotatable bonds is 7. The third kappa shape index (κ3) is 5.65. The van der Waals surface area contributed by atoms with Crippen molar-refractivity contribution in [2.75, 3.05) is 4.90 Å². The van der Waals surface area contributed by atoms with E-state index in [2.05, 4.69) is 224 Å². The predicted octanol–water partition coefficient (Wildman–Crippen LogP) is 13.7. The summed E-state index contributed by atoms with van der Waals surface area (Å²) in [5, 5.41) is 2.32. The number of fused-ring (bicyclic) bond motifs is 6. The van der Waals surface area contributed by atoms with Gasteiger partial charge >= 0.3 is 0 Å². The molecule has 280 valence electrons. The molecule has 11 rings (SSSR count). The molecule has 0 aliphatic heterocycles. The first-order valence-corrected chi connectivity index (χ1v) is 20.1. The quantitative estimate of drug-likeness (QED) is 0.162. The first-order chi connectivity index (χ1) is 29.0. The topological polar surface area (TPSA) is 46.8 Å². The van der Waals surface area contributed by atoms with E-state index in [1.165, 1.54) is 22.3 Å². The lowest BCUT2D eigenvalue weighted by atomic mass is 9.80. The molecule has 0 bridgehead atoms. The van der Waals surface area contributed by atoms with Crippen molar-refractivity contribution in [1.29, 1.82) is 0 Å². The molecule has 0 unspecified atom stereocenters. The number of aromatic nitrogens is 4. The molecule has 0 amide bonds. The van der Waals surface area contributed by atoms with Crippen molar-refractivity contribution in [1.82, 2.24) is 19.5 Å². The first kappa shape index (κ1) is 34.6. The lowest BCUT2D eigenvalue weighted by Crippen LogP contribution is -2.17. The molecule has 59 heavy (non-hydrogen) atoms. The van der Waals surface area contributed by atoms with Gasteiger partial charge < -0.3 is 4.90 Å². The van der Waals surface area contributed by atoms with Gasteiger partial charge in [-0.3, -0.25) is 4.57 Å². The Hall–Kier alpha value is -7.63. The van der Waals surface area contributed by atoms with E-state index in [4.69, 9.17) is 15.0 Å². The molecular weight excluding hydrogens is 719 g/mol. The maximum absolute atomic E-state index is 5.37. The summed E-state index contributed by atoms with van der Waals surface area (Å²) in [5.74, 6) is 1.86. The van der Waals surface area contributed by atoms with Crippen LogP contribution < -0.4 is 4.90 Å². The zero-order chi connectivity index (χ0) is 39.5. The molecule has 2 heterocycles. The molecule has 2 aromatic heterocycles. The second kappa shape index (κ2) is 13.8. The summed E-state index contributed by atoms with van der Waals surface area (Å²) in [6.07, 6.45) is 0. The van der Waals surface area contributed by atoms with Gasteiger partial charge in [0, 0.05) is 44.3 Å². The lowest BCUT2D eigenvalue weighted by Gasteiger charge is -2.27. The van der Waals surface area contributed by atoms with E-state index in [9.17, 15) is 0 Å². The van der Waals surface area contributed by atoms with Gasteiger partial charge in [0.2, 0.25) is 5.95 Å². The van der Waals surface area contributed by atoms with Crippen molar-refractivity contribution in [2.24, 2.45) is 0 Å². The smallest absolute Gasteiger partial charge is 0.238 e. The molecule has 8 aromatic carbocycles. The summed E-state index contributed by atoms with van der Waals surface area (Å²) in [6.45, 7) is 4.62.